The molecule has 8 heteroatoms. The highest BCUT2D eigenvalue weighted by molar-refractivity contribution is 6.03. The summed E-state index contributed by atoms with van der Waals surface area (Å²) < 4.78 is 1.26. The number of aromatic carboxylic acids is 1. The first-order valence-electron chi connectivity index (χ1n) is 5.49. The summed E-state index contributed by atoms with van der Waals surface area (Å²) >= 11 is 0. The van der Waals surface area contributed by atoms with Gasteiger partial charge in [0.05, 0.1) is 18.4 Å². The molecular formula is C11H13N5O3. The number of carboxylic acid groups (broad SMARTS) is 1. The molecule has 0 aliphatic rings. The second kappa shape index (κ2) is 4.92. The van der Waals surface area contributed by atoms with E-state index in [9.17, 15) is 9.59 Å². The number of hydrogen-bond acceptors (Lipinski definition) is 4. The maximum atomic E-state index is 12.2. The summed E-state index contributed by atoms with van der Waals surface area (Å²) in [5, 5.41) is 19.4. The first-order chi connectivity index (χ1) is 9.00. The molecule has 0 aliphatic carbocycles. The number of nitrogens with zero attached hydrogens (tertiary/aromatic N) is 4. The third-order valence-corrected chi connectivity index (χ3v) is 2.68. The van der Waals surface area contributed by atoms with E-state index in [-0.39, 0.29) is 11.3 Å². The number of hydrogen-bond donors (Lipinski definition) is 2. The van der Waals surface area contributed by atoms with E-state index >= 15 is 0 Å². The van der Waals surface area contributed by atoms with Gasteiger partial charge in [0, 0.05) is 20.3 Å². The summed E-state index contributed by atoms with van der Waals surface area (Å²) in [6.07, 6.45) is 2.75. The largest absolute Gasteiger partial charge is 0.478 e. The molecule has 0 radical (unpaired) electrons. The number of aromatic amines is 1. The molecule has 2 aromatic rings. The number of carboxylic acids is 1. The normalized spacial score (nSPS) is 10.4. The van der Waals surface area contributed by atoms with E-state index in [1.54, 1.807) is 19.3 Å². The molecule has 0 saturated carbocycles. The van der Waals surface area contributed by atoms with Crippen molar-refractivity contribution in [1.82, 2.24) is 24.9 Å². The van der Waals surface area contributed by atoms with Crippen LogP contribution in [-0.4, -0.2) is 48.9 Å². The summed E-state index contributed by atoms with van der Waals surface area (Å²) in [5.41, 5.74) is 0.702. The average Bonchev–Trinajstić information content (AvgIpc) is 2.97. The lowest BCUT2D eigenvalue weighted by Crippen LogP contribution is -2.29. The van der Waals surface area contributed by atoms with Crippen LogP contribution in [-0.2, 0) is 13.6 Å². The number of H-pyrrole nitrogens is 1. The van der Waals surface area contributed by atoms with Gasteiger partial charge < -0.3 is 10.0 Å². The number of carbonyl (C=O) groups excluding carboxylic acids is 1. The van der Waals surface area contributed by atoms with Crippen LogP contribution in [0.15, 0.2) is 18.5 Å². The Morgan fingerprint density at radius 1 is 1.53 bits per heavy atom. The van der Waals surface area contributed by atoms with E-state index in [4.69, 9.17) is 5.11 Å². The van der Waals surface area contributed by atoms with Crippen LogP contribution in [0.2, 0.25) is 0 Å². The van der Waals surface area contributed by atoms with Crippen LogP contribution in [0.5, 0.6) is 0 Å². The molecular weight excluding hydrogens is 250 g/mol. The molecule has 2 N–H and O–H groups in total. The Hall–Kier alpha value is -2.64. The molecule has 2 aromatic heterocycles. The van der Waals surface area contributed by atoms with Gasteiger partial charge in [0.25, 0.3) is 5.91 Å². The van der Waals surface area contributed by atoms with Crippen LogP contribution in [0.25, 0.3) is 0 Å². The minimum absolute atomic E-state index is 0.0505. The van der Waals surface area contributed by atoms with Crippen LogP contribution < -0.4 is 0 Å². The molecule has 0 bridgehead atoms. The SMILES string of the molecule is CN(Cc1ccn[nH]1)C(=O)c1c(C(=O)O)cnn1C. The number of amides is 1. The molecule has 0 aliphatic heterocycles. The topological polar surface area (TPSA) is 104 Å². The van der Waals surface area contributed by atoms with Crippen LogP contribution in [0.1, 0.15) is 26.5 Å². The van der Waals surface area contributed by atoms with Gasteiger partial charge in [-0.2, -0.15) is 10.2 Å². The van der Waals surface area contributed by atoms with Gasteiger partial charge in [-0.05, 0) is 6.07 Å². The molecule has 0 unspecified atom stereocenters. The first kappa shape index (κ1) is 12.8. The van der Waals surface area contributed by atoms with Crippen molar-refractivity contribution in [2.75, 3.05) is 7.05 Å². The van der Waals surface area contributed by atoms with Crippen LogP contribution >= 0.6 is 0 Å². The number of aryl methyl sites for hydroxylation is 1. The number of nitrogens with one attached hydrogen (secondary N) is 1. The van der Waals surface area contributed by atoms with Crippen LogP contribution in [0, 0.1) is 0 Å². The molecule has 0 fully saturated rings. The Labute approximate surface area is 108 Å². The summed E-state index contributed by atoms with van der Waals surface area (Å²) in [6.45, 7) is 0.309. The second-order valence-corrected chi connectivity index (χ2v) is 4.08. The second-order valence-electron chi connectivity index (χ2n) is 4.08. The van der Waals surface area contributed by atoms with E-state index in [0.29, 0.717) is 6.54 Å². The minimum Gasteiger partial charge on any atom is -0.478 e. The zero-order chi connectivity index (χ0) is 14.0. The smallest absolute Gasteiger partial charge is 0.339 e. The van der Waals surface area contributed by atoms with Gasteiger partial charge in [0.2, 0.25) is 0 Å². The zero-order valence-electron chi connectivity index (χ0n) is 10.5. The Balaban J connectivity index is 2.24. The van der Waals surface area contributed by atoms with Crippen molar-refractivity contribution in [2.24, 2.45) is 7.05 Å². The van der Waals surface area contributed by atoms with Gasteiger partial charge in [-0.3, -0.25) is 14.6 Å². The van der Waals surface area contributed by atoms with Gasteiger partial charge in [-0.25, -0.2) is 4.79 Å². The zero-order valence-corrected chi connectivity index (χ0v) is 10.5. The lowest BCUT2D eigenvalue weighted by atomic mass is 10.2. The van der Waals surface area contributed by atoms with E-state index in [0.717, 1.165) is 5.69 Å². The van der Waals surface area contributed by atoms with Crippen LogP contribution in [0.3, 0.4) is 0 Å². The quantitative estimate of drug-likeness (QED) is 0.815. The molecule has 100 valence electrons. The van der Waals surface area contributed by atoms with E-state index in [2.05, 4.69) is 15.3 Å². The highest BCUT2D eigenvalue weighted by Gasteiger charge is 2.24. The first-order valence-corrected chi connectivity index (χ1v) is 5.49. The predicted octanol–water partition coefficient (Wildman–Crippen LogP) is 0.114. The standard InChI is InChI=1S/C11H13N5O3/c1-15(6-7-3-4-12-14-7)10(17)9-8(11(18)19)5-13-16(9)2/h3-5H,6H2,1-2H3,(H,12,14)(H,18,19). The van der Waals surface area contributed by atoms with Gasteiger partial charge in [-0.1, -0.05) is 0 Å². The third-order valence-electron chi connectivity index (χ3n) is 2.68. The molecule has 1 amide bonds. The summed E-state index contributed by atoms with van der Waals surface area (Å²) in [6, 6.07) is 1.74. The molecule has 0 saturated heterocycles. The molecule has 2 rings (SSSR count). The lowest BCUT2D eigenvalue weighted by Gasteiger charge is -2.16. The number of aromatic nitrogens is 4. The molecule has 2 heterocycles. The fraction of sp³-hybridized carbons (Fsp3) is 0.273. The maximum Gasteiger partial charge on any atom is 0.339 e. The minimum atomic E-state index is -1.17. The summed E-state index contributed by atoms with van der Waals surface area (Å²) in [5.74, 6) is -1.58. The average molecular weight is 263 g/mol. The van der Waals surface area contributed by atoms with Gasteiger partial charge >= 0.3 is 5.97 Å². The predicted molar refractivity (Wildman–Crippen MR) is 64.6 cm³/mol. The Bertz CT molecular complexity index is 602. The molecule has 19 heavy (non-hydrogen) atoms. The highest BCUT2D eigenvalue weighted by Crippen LogP contribution is 2.11. The fourth-order valence-corrected chi connectivity index (χ4v) is 1.73. The van der Waals surface area contributed by atoms with Gasteiger partial charge in [0.1, 0.15) is 11.3 Å². The maximum absolute atomic E-state index is 12.2. The highest BCUT2D eigenvalue weighted by atomic mass is 16.4. The van der Waals surface area contributed by atoms with Crippen molar-refractivity contribution in [3.8, 4) is 0 Å². The number of rotatable bonds is 4. The molecule has 0 spiro atoms. The van der Waals surface area contributed by atoms with Crippen molar-refractivity contribution < 1.29 is 14.7 Å². The summed E-state index contributed by atoms with van der Waals surface area (Å²) in [4.78, 5) is 24.7. The van der Waals surface area contributed by atoms with E-state index in [1.807, 2.05) is 0 Å². The lowest BCUT2D eigenvalue weighted by molar-refractivity contribution is 0.0678. The van der Waals surface area contributed by atoms with Crippen molar-refractivity contribution in [1.29, 1.82) is 0 Å². The van der Waals surface area contributed by atoms with Crippen molar-refractivity contribution in [2.45, 2.75) is 6.54 Å². The number of carbonyl (C=O) groups is 2. The van der Waals surface area contributed by atoms with E-state index in [1.165, 1.54) is 22.8 Å². The van der Waals surface area contributed by atoms with Crippen LogP contribution in [0.4, 0.5) is 0 Å². The van der Waals surface area contributed by atoms with E-state index < -0.39 is 11.9 Å². The van der Waals surface area contributed by atoms with Crippen molar-refractivity contribution >= 4 is 11.9 Å². The molecule has 8 nitrogen and oxygen atoms in total. The third kappa shape index (κ3) is 2.46. The monoisotopic (exact) mass is 263 g/mol. The molecule has 0 aromatic carbocycles. The molecule has 0 atom stereocenters. The fourth-order valence-electron chi connectivity index (χ4n) is 1.73. The Kier molecular flexibility index (Phi) is 3.32. The van der Waals surface area contributed by atoms with Crippen molar-refractivity contribution in [3.63, 3.8) is 0 Å². The van der Waals surface area contributed by atoms with Gasteiger partial charge in [0.15, 0.2) is 0 Å². The summed E-state index contributed by atoms with van der Waals surface area (Å²) in [7, 11) is 3.12. The van der Waals surface area contributed by atoms with Crippen molar-refractivity contribution in [3.05, 3.63) is 35.4 Å². The van der Waals surface area contributed by atoms with Gasteiger partial charge in [-0.15, -0.1) is 0 Å². The Morgan fingerprint density at radius 2 is 2.26 bits per heavy atom. The Morgan fingerprint density at radius 3 is 2.84 bits per heavy atom.